The van der Waals surface area contributed by atoms with Gasteiger partial charge >= 0.3 is 5.97 Å². The second-order valence-corrected chi connectivity index (χ2v) is 5.69. The molecule has 22 heavy (non-hydrogen) atoms. The molecule has 0 bridgehead atoms. The number of para-hydroxylation sites is 2. The first-order valence-electron chi connectivity index (χ1n) is 6.65. The largest absolute Gasteiger partial charge is 0.480 e. The van der Waals surface area contributed by atoms with E-state index in [9.17, 15) is 4.79 Å². The number of hydrogen-bond donors (Lipinski definition) is 1. The molecule has 112 valence electrons. The second-order valence-electron chi connectivity index (χ2n) is 4.87. The molecule has 0 saturated carbocycles. The van der Waals surface area contributed by atoms with Gasteiger partial charge in [0.1, 0.15) is 12.4 Å². The molecule has 3 aromatic rings. The molecule has 0 aliphatic carbocycles. The lowest BCUT2D eigenvalue weighted by Gasteiger charge is -2.09. The molecule has 3 rings (SSSR count). The third-order valence-electron chi connectivity index (χ3n) is 3.42. The minimum atomic E-state index is -0.922. The summed E-state index contributed by atoms with van der Waals surface area (Å²) >= 11 is 12.4. The van der Waals surface area contributed by atoms with Crippen molar-refractivity contribution in [3.63, 3.8) is 0 Å². The highest BCUT2D eigenvalue weighted by Crippen LogP contribution is 2.28. The summed E-state index contributed by atoms with van der Waals surface area (Å²) in [5, 5.41) is 10.2. The van der Waals surface area contributed by atoms with Gasteiger partial charge in [-0.1, -0.05) is 41.4 Å². The molecule has 1 aromatic heterocycles. The van der Waals surface area contributed by atoms with Crippen LogP contribution in [0.5, 0.6) is 0 Å². The Kier molecular flexibility index (Phi) is 4.05. The zero-order valence-electron chi connectivity index (χ0n) is 11.5. The van der Waals surface area contributed by atoms with Crippen LogP contribution in [0, 0.1) is 0 Å². The molecular formula is C16H12Cl2N2O2. The molecule has 1 heterocycles. The highest BCUT2D eigenvalue weighted by molar-refractivity contribution is 6.36. The van der Waals surface area contributed by atoms with Crippen molar-refractivity contribution in [2.75, 3.05) is 0 Å². The molecular weight excluding hydrogens is 323 g/mol. The van der Waals surface area contributed by atoms with Gasteiger partial charge in [0.15, 0.2) is 0 Å². The SMILES string of the molecule is O=C(O)Cn1c(Cc2c(Cl)cccc2Cl)nc2ccccc21. The Hall–Kier alpha value is -2.04. The average molecular weight is 335 g/mol. The van der Waals surface area contributed by atoms with E-state index in [-0.39, 0.29) is 6.54 Å². The fourth-order valence-corrected chi connectivity index (χ4v) is 2.96. The van der Waals surface area contributed by atoms with E-state index in [1.54, 1.807) is 22.8 Å². The van der Waals surface area contributed by atoms with Gasteiger partial charge in [0, 0.05) is 16.5 Å². The molecule has 4 nitrogen and oxygen atoms in total. The lowest BCUT2D eigenvalue weighted by Crippen LogP contribution is -2.12. The van der Waals surface area contributed by atoms with Gasteiger partial charge in [-0.3, -0.25) is 4.79 Å². The minimum absolute atomic E-state index is 0.155. The number of aromatic nitrogens is 2. The Bertz CT molecular complexity index is 838. The molecule has 6 heteroatoms. The van der Waals surface area contributed by atoms with Gasteiger partial charge in [0.05, 0.1) is 11.0 Å². The van der Waals surface area contributed by atoms with Crippen LogP contribution in [-0.2, 0) is 17.8 Å². The fraction of sp³-hybridized carbons (Fsp3) is 0.125. The van der Waals surface area contributed by atoms with Gasteiger partial charge in [0.2, 0.25) is 0 Å². The molecule has 1 N–H and O–H groups in total. The van der Waals surface area contributed by atoms with Crippen molar-refractivity contribution in [3.8, 4) is 0 Å². The first-order chi connectivity index (χ1) is 10.6. The first-order valence-corrected chi connectivity index (χ1v) is 7.40. The molecule has 0 fully saturated rings. The van der Waals surface area contributed by atoms with Gasteiger partial charge in [0.25, 0.3) is 0 Å². The van der Waals surface area contributed by atoms with E-state index in [0.29, 0.717) is 22.3 Å². The van der Waals surface area contributed by atoms with Crippen LogP contribution in [0.25, 0.3) is 11.0 Å². The second kappa shape index (κ2) is 5.99. The van der Waals surface area contributed by atoms with Gasteiger partial charge in [-0.2, -0.15) is 0 Å². The molecule has 0 aliphatic heterocycles. The van der Waals surface area contributed by atoms with Crippen LogP contribution in [0.3, 0.4) is 0 Å². The molecule has 0 unspecified atom stereocenters. The number of carbonyl (C=O) groups is 1. The lowest BCUT2D eigenvalue weighted by molar-refractivity contribution is -0.137. The van der Waals surface area contributed by atoms with Crippen LogP contribution in [0.1, 0.15) is 11.4 Å². The summed E-state index contributed by atoms with van der Waals surface area (Å²) in [6.07, 6.45) is 0.375. The molecule has 2 aromatic carbocycles. The number of fused-ring (bicyclic) bond motifs is 1. The molecule has 0 atom stereocenters. The molecule has 0 saturated heterocycles. The summed E-state index contributed by atoms with van der Waals surface area (Å²) in [4.78, 5) is 15.7. The van der Waals surface area contributed by atoms with Crippen molar-refractivity contribution in [1.29, 1.82) is 0 Å². The van der Waals surface area contributed by atoms with Crippen molar-refractivity contribution < 1.29 is 9.90 Å². The van der Waals surface area contributed by atoms with E-state index in [4.69, 9.17) is 28.3 Å². The van der Waals surface area contributed by atoms with Crippen LogP contribution in [-0.4, -0.2) is 20.6 Å². The number of aliphatic carboxylic acids is 1. The average Bonchev–Trinajstić information content (AvgIpc) is 2.81. The number of carboxylic acid groups (broad SMARTS) is 1. The summed E-state index contributed by atoms with van der Waals surface area (Å²) in [5.41, 5.74) is 2.28. The smallest absolute Gasteiger partial charge is 0.323 e. The predicted molar refractivity (Wildman–Crippen MR) is 86.6 cm³/mol. The van der Waals surface area contributed by atoms with Crippen LogP contribution < -0.4 is 0 Å². The number of rotatable bonds is 4. The standard InChI is InChI=1S/C16H12Cl2N2O2/c17-11-4-3-5-12(18)10(11)8-15-19-13-6-1-2-7-14(13)20(15)9-16(21)22/h1-7H,8-9H2,(H,21,22). The lowest BCUT2D eigenvalue weighted by atomic mass is 10.1. The maximum atomic E-state index is 11.1. The van der Waals surface area contributed by atoms with Gasteiger partial charge in [-0.05, 0) is 29.8 Å². The summed E-state index contributed by atoms with van der Waals surface area (Å²) in [6, 6.07) is 12.7. The summed E-state index contributed by atoms with van der Waals surface area (Å²) in [6.45, 7) is -0.155. The maximum absolute atomic E-state index is 11.1. The summed E-state index contributed by atoms with van der Waals surface area (Å²) in [7, 11) is 0. The minimum Gasteiger partial charge on any atom is -0.480 e. The van der Waals surface area contributed by atoms with Crippen molar-refractivity contribution in [2.24, 2.45) is 0 Å². The predicted octanol–water partition coefficient (Wildman–Crippen LogP) is 4.02. The van der Waals surface area contributed by atoms with Crippen LogP contribution in [0.4, 0.5) is 0 Å². The third-order valence-corrected chi connectivity index (χ3v) is 4.13. The number of carboxylic acids is 1. The van der Waals surface area contributed by atoms with E-state index < -0.39 is 5.97 Å². The normalized spacial score (nSPS) is 11.0. The number of benzene rings is 2. The summed E-state index contributed by atoms with van der Waals surface area (Å²) < 4.78 is 1.68. The Morgan fingerprint density at radius 2 is 1.77 bits per heavy atom. The monoisotopic (exact) mass is 334 g/mol. The third kappa shape index (κ3) is 2.80. The fourth-order valence-electron chi connectivity index (χ4n) is 2.43. The van der Waals surface area contributed by atoms with E-state index in [0.717, 1.165) is 16.6 Å². The topological polar surface area (TPSA) is 55.1 Å². The van der Waals surface area contributed by atoms with Gasteiger partial charge < -0.3 is 9.67 Å². The van der Waals surface area contributed by atoms with E-state index in [1.165, 1.54) is 0 Å². The van der Waals surface area contributed by atoms with E-state index in [1.807, 2.05) is 24.3 Å². The Balaban J connectivity index is 2.12. The Morgan fingerprint density at radius 1 is 1.09 bits per heavy atom. The highest BCUT2D eigenvalue weighted by atomic mass is 35.5. The van der Waals surface area contributed by atoms with Gasteiger partial charge in [-0.15, -0.1) is 0 Å². The number of halogens is 2. The molecule has 0 amide bonds. The Morgan fingerprint density at radius 3 is 2.45 bits per heavy atom. The first kappa shape index (κ1) is 14.9. The van der Waals surface area contributed by atoms with Crippen molar-refractivity contribution >= 4 is 40.2 Å². The maximum Gasteiger partial charge on any atom is 0.323 e. The van der Waals surface area contributed by atoms with Crippen molar-refractivity contribution in [2.45, 2.75) is 13.0 Å². The summed E-state index contributed by atoms with van der Waals surface area (Å²) in [5.74, 6) is -0.298. The van der Waals surface area contributed by atoms with Crippen LogP contribution in [0.2, 0.25) is 10.0 Å². The number of hydrogen-bond acceptors (Lipinski definition) is 2. The van der Waals surface area contributed by atoms with Gasteiger partial charge in [-0.25, -0.2) is 4.98 Å². The molecule has 0 aliphatic rings. The van der Waals surface area contributed by atoms with E-state index >= 15 is 0 Å². The molecule has 0 spiro atoms. The van der Waals surface area contributed by atoms with Crippen LogP contribution >= 0.6 is 23.2 Å². The van der Waals surface area contributed by atoms with Crippen LogP contribution in [0.15, 0.2) is 42.5 Å². The zero-order chi connectivity index (χ0) is 15.7. The quantitative estimate of drug-likeness (QED) is 0.783. The Labute approximate surface area is 136 Å². The number of nitrogens with zero attached hydrogens (tertiary/aromatic N) is 2. The molecule has 0 radical (unpaired) electrons. The van der Waals surface area contributed by atoms with Crippen molar-refractivity contribution in [1.82, 2.24) is 9.55 Å². The zero-order valence-corrected chi connectivity index (χ0v) is 13.0. The van der Waals surface area contributed by atoms with Crippen molar-refractivity contribution in [3.05, 3.63) is 63.9 Å². The van der Waals surface area contributed by atoms with E-state index in [2.05, 4.69) is 4.98 Å². The number of imidazole rings is 1. The highest BCUT2D eigenvalue weighted by Gasteiger charge is 2.16.